The molecule has 28 heavy (non-hydrogen) atoms. The Labute approximate surface area is 172 Å². The molecule has 1 aliphatic rings. The maximum absolute atomic E-state index is 11.7. The molecule has 154 valence electrons. The maximum atomic E-state index is 11.7. The van der Waals surface area contributed by atoms with Gasteiger partial charge in [-0.2, -0.15) is 4.80 Å². The zero-order valence-electron chi connectivity index (χ0n) is 17.7. The lowest BCUT2D eigenvalue weighted by atomic mass is 9.52. The van der Waals surface area contributed by atoms with Gasteiger partial charge in [-0.25, -0.2) is 0 Å². The Morgan fingerprint density at radius 1 is 1.29 bits per heavy atom. The van der Waals surface area contributed by atoms with E-state index in [9.17, 15) is 10.2 Å². The van der Waals surface area contributed by atoms with Gasteiger partial charge in [0.05, 0.1) is 11.3 Å². The van der Waals surface area contributed by atoms with Crippen LogP contribution in [0.4, 0.5) is 0 Å². The van der Waals surface area contributed by atoms with E-state index in [0.717, 1.165) is 12.8 Å². The smallest absolute Gasteiger partial charge is 0.115 e. The van der Waals surface area contributed by atoms with Crippen LogP contribution in [0.3, 0.4) is 0 Å². The maximum Gasteiger partial charge on any atom is 0.115 e. The summed E-state index contributed by atoms with van der Waals surface area (Å²) in [6.07, 6.45) is 3.11. The van der Waals surface area contributed by atoms with Crippen molar-refractivity contribution in [2.45, 2.75) is 72.5 Å². The van der Waals surface area contributed by atoms with E-state index in [4.69, 9.17) is 11.6 Å². The number of aliphatic hydroxyl groups excluding tert-OH is 1. The molecule has 3 unspecified atom stereocenters. The Morgan fingerprint density at radius 3 is 2.54 bits per heavy atom. The summed E-state index contributed by atoms with van der Waals surface area (Å²) in [5.41, 5.74) is 0.150. The van der Waals surface area contributed by atoms with Gasteiger partial charge in [0.1, 0.15) is 17.1 Å². The molecule has 0 amide bonds. The zero-order valence-corrected chi connectivity index (χ0v) is 18.5. The van der Waals surface area contributed by atoms with Crippen molar-refractivity contribution in [2.75, 3.05) is 0 Å². The van der Waals surface area contributed by atoms with Crippen molar-refractivity contribution in [3.05, 3.63) is 29.3 Å². The molecule has 3 rings (SSSR count). The fraction of sp³-hybridized carbons (Fsp3) is 0.636. The second-order valence-corrected chi connectivity index (χ2v) is 10.1. The van der Waals surface area contributed by atoms with Crippen LogP contribution in [0.5, 0.6) is 0 Å². The first-order chi connectivity index (χ1) is 12.9. The van der Waals surface area contributed by atoms with Crippen molar-refractivity contribution in [2.24, 2.45) is 16.7 Å². The number of benzene rings is 1. The number of fused-ring (bicyclic) bond motifs is 1. The minimum atomic E-state index is -1.06. The van der Waals surface area contributed by atoms with Gasteiger partial charge in [-0.05, 0) is 55.4 Å². The van der Waals surface area contributed by atoms with Crippen LogP contribution in [0.1, 0.15) is 60.8 Å². The fourth-order valence-electron chi connectivity index (χ4n) is 4.79. The van der Waals surface area contributed by atoms with Gasteiger partial charge < -0.3 is 10.2 Å². The first kappa shape index (κ1) is 21.3. The van der Waals surface area contributed by atoms with Crippen LogP contribution < -0.4 is 0 Å². The van der Waals surface area contributed by atoms with Gasteiger partial charge in [0.15, 0.2) is 0 Å². The largest absolute Gasteiger partial charge is 0.386 e. The minimum absolute atomic E-state index is 0.184. The Bertz CT molecular complexity index is 900. The number of halogens is 1. The van der Waals surface area contributed by atoms with Crippen LogP contribution in [-0.4, -0.2) is 36.9 Å². The summed E-state index contributed by atoms with van der Waals surface area (Å²) in [4.78, 5) is 1.47. The topological polar surface area (TPSA) is 71.2 Å². The van der Waals surface area contributed by atoms with Gasteiger partial charge >= 0.3 is 0 Å². The third-order valence-corrected chi connectivity index (χ3v) is 6.75. The van der Waals surface area contributed by atoms with Gasteiger partial charge in [0.25, 0.3) is 0 Å². The standard InChI is InChI=1S/C22H32ClN3O2/c1-7-20(4,5)22(11-14(2)3)13-21(6,28)12-18(19(22)27)26-24-16-9-8-15(23)10-17(16)25-26/h8-10,12,14,19,27-28H,7,11,13H2,1-6H3. The molecular weight excluding hydrogens is 374 g/mol. The number of aromatic nitrogens is 3. The lowest BCUT2D eigenvalue weighted by molar-refractivity contribution is -0.107. The lowest BCUT2D eigenvalue weighted by Crippen LogP contribution is -2.55. The van der Waals surface area contributed by atoms with Crippen molar-refractivity contribution in [1.82, 2.24) is 15.0 Å². The molecule has 2 aromatic rings. The molecule has 2 N–H and O–H groups in total. The van der Waals surface area contributed by atoms with Gasteiger partial charge in [-0.15, -0.1) is 10.2 Å². The molecule has 1 aliphatic carbocycles. The Morgan fingerprint density at radius 2 is 1.93 bits per heavy atom. The second kappa shape index (κ2) is 7.12. The highest BCUT2D eigenvalue weighted by atomic mass is 35.5. The Hall–Kier alpha value is -1.43. The van der Waals surface area contributed by atoms with E-state index in [1.807, 2.05) is 6.07 Å². The van der Waals surface area contributed by atoms with Crippen LogP contribution in [0.2, 0.25) is 5.02 Å². The molecule has 0 aliphatic heterocycles. The average molecular weight is 406 g/mol. The Kier molecular flexibility index (Phi) is 5.41. The van der Waals surface area contributed by atoms with E-state index in [1.54, 1.807) is 25.1 Å². The lowest BCUT2D eigenvalue weighted by Gasteiger charge is -2.55. The molecule has 0 spiro atoms. The van der Waals surface area contributed by atoms with Crippen LogP contribution in [-0.2, 0) is 0 Å². The summed E-state index contributed by atoms with van der Waals surface area (Å²) in [7, 11) is 0. The summed E-state index contributed by atoms with van der Waals surface area (Å²) in [6, 6.07) is 5.34. The van der Waals surface area contributed by atoms with E-state index < -0.39 is 17.1 Å². The molecule has 1 aromatic heterocycles. The number of hydrogen-bond acceptors (Lipinski definition) is 4. The first-order valence-electron chi connectivity index (χ1n) is 10.1. The fourth-order valence-corrected chi connectivity index (χ4v) is 4.95. The predicted molar refractivity (Wildman–Crippen MR) is 114 cm³/mol. The normalized spacial score (nSPS) is 28.8. The van der Waals surface area contributed by atoms with Crippen molar-refractivity contribution in [3.8, 4) is 0 Å². The Balaban J connectivity index is 2.18. The molecule has 0 bridgehead atoms. The van der Waals surface area contributed by atoms with Crippen LogP contribution in [0.25, 0.3) is 16.7 Å². The highest BCUT2D eigenvalue weighted by Crippen LogP contribution is 2.57. The van der Waals surface area contributed by atoms with E-state index in [-0.39, 0.29) is 5.41 Å². The van der Waals surface area contributed by atoms with Crippen molar-refractivity contribution in [3.63, 3.8) is 0 Å². The molecule has 0 saturated carbocycles. The molecule has 0 saturated heterocycles. The van der Waals surface area contributed by atoms with Gasteiger partial charge in [-0.3, -0.25) is 0 Å². The highest BCUT2D eigenvalue weighted by Gasteiger charge is 2.56. The van der Waals surface area contributed by atoms with E-state index >= 15 is 0 Å². The molecule has 3 atom stereocenters. The number of aliphatic hydroxyl groups is 2. The van der Waals surface area contributed by atoms with Gasteiger partial charge in [0.2, 0.25) is 0 Å². The highest BCUT2D eigenvalue weighted by molar-refractivity contribution is 6.31. The SMILES string of the molecule is CCC(C)(C)C1(CC(C)C)CC(C)(O)C=C(n2nc3ccc(Cl)cc3n2)C1O. The molecule has 0 fully saturated rings. The molecular formula is C22H32ClN3O2. The summed E-state index contributed by atoms with van der Waals surface area (Å²) in [6.45, 7) is 12.6. The summed E-state index contributed by atoms with van der Waals surface area (Å²) in [5, 5.41) is 32.5. The minimum Gasteiger partial charge on any atom is -0.386 e. The van der Waals surface area contributed by atoms with Crippen LogP contribution in [0.15, 0.2) is 24.3 Å². The molecule has 0 radical (unpaired) electrons. The van der Waals surface area contributed by atoms with E-state index in [1.165, 1.54) is 4.80 Å². The number of hydrogen-bond donors (Lipinski definition) is 2. The van der Waals surface area contributed by atoms with Crippen molar-refractivity contribution >= 4 is 28.3 Å². The second-order valence-electron chi connectivity index (χ2n) is 9.62. The summed E-state index contributed by atoms with van der Waals surface area (Å²) in [5.74, 6) is 0.374. The predicted octanol–water partition coefficient (Wildman–Crippen LogP) is 4.91. The zero-order chi connectivity index (χ0) is 20.9. The monoisotopic (exact) mass is 405 g/mol. The van der Waals surface area contributed by atoms with Crippen molar-refractivity contribution in [1.29, 1.82) is 0 Å². The average Bonchev–Trinajstić information content (AvgIpc) is 2.99. The molecule has 6 heteroatoms. The quantitative estimate of drug-likeness (QED) is 0.741. The third-order valence-electron chi connectivity index (χ3n) is 6.51. The van der Waals surface area contributed by atoms with Crippen LogP contribution >= 0.6 is 11.6 Å². The third kappa shape index (κ3) is 3.60. The first-order valence-corrected chi connectivity index (χ1v) is 10.4. The summed E-state index contributed by atoms with van der Waals surface area (Å²) < 4.78 is 0. The summed E-state index contributed by atoms with van der Waals surface area (Å²) >= 11 is 6.09. The molecule has 1 aromatic carbocycles. The number of nitrogens with zero attached hydrogens (tertiary/aromatic N) is 3. The van der Waals surface area contributed by atoms with Crippen molar-refractivity contribution < 1.29 is 10.2 Å². The van der Waals surface area contributed by atoms with Crippen LogP contribution in [0, 0.1) is 16.7 Å². The molecule has 5 nitrogen and oxygen atoms in total. The number of rotatable bonds is 5. The van der Waals surface area contributed by atoms with Gasteiger partial charge in [-0.1, -0.05) is 52.6 Å². The van der Waals surface area contributed by atoms with E-state index in [0.29, 0.717) is 34.1 Å². The van der Waals surface area contributed by atoms with Gasteiger partial charge in [0, 0.05) is 10.4 Å². The molecule has 1 heterocycles. The van der Waals surface area contributed by atoms with E-state index in [2.05, 4.69) is 44.8 Å².